The second-order valence-electron chi connectivity index (χ2n) is 5.21. The molecule has 0 fully saturated rings. The van der Waals surface area contributed by atoms with E-state index in [1.807, 2.05) is 31.2 Å². The second kappa shape index (κ2) is 7.59. The Morgan fingerprint density at radius 1 is 1.04 bits per heavy atom. The number of nitrogens with one attached hydrogen (secondary N) is 1. The first kappa shape index (κ1) is 17.5. The first-order valence-corrected chi connectivity index (χ1v) is 8.65. The Bertz CT molecular complexity index is 772. The molecule has 0 amide bonds. The maximum absolute atomic E-state index is 12.4. The summed E-state index contributed by atoms with van der Waals surface area (Å²) in [7, 11) is -0.384. The summed E-state index contributed by atoms with van der Waals surface area (Å²) in [5.41, 5.74) is 2.66. The molecule has 0 aliphatic rings. The zero-order chi connectivity index (χ0) is 16.9. The highest BCUT2D eigenvalue weighted by atomic mass is 32.2. The fraction of sp³-hybridized carbons (Fsp3) is 0.294. The maximum Gasteiger partial charge on any atom is 0.240 e. The lowest BCUT2D eigenvalue weighted by Gasteiger charge is -2.10. The number of hydrogen-bond acceptors (Lipinski definition) is 4. The Morgan fingerprint density at radius 2 is 1.78 bits per heavy atom. The van der Waals surface area contributed by atoms with Gasteiger partial charge >= 0.3 is 0 Å². The van der Waals surface area contributed by atoms with Crippen molar-refractivity contribution in [3.63, 3.8) is 0 Å². The van der Waals surface area contributed by atoms with Crippen LogP contribution in [0.4, 0.5) is 0 Å². The Kier molecular flexibility index (Phi) is 5.76. The number of hydrogen-bond donors (Lipinski definition) is 1. The highest BCUT2D eigenvalue weighted by Crippen LogP contribution is 2.21. The Morgan fingerprint density at radius 3 is 2.43 bits per heavy atom. The van der Waals surface area contributed by atoms with Crippen LogP contribution in [0.15, 0.2) is 47.4 Å². The maximum atomic E-state index is 12.4. The molecule has 6 heteroatoms. The van der Waals surface area contributed by atoms with Gasteiger partial charge in [0, 0.05) is 13.7 Å². The quantitative estimate of drug-likeness (QED) is 0.845. The van der Waals surface area contributed by atoms with Gasteiger partial charge in [-0.1, -0.05) is 24.3 Å². The van der Waals surface area contributed by atoms with Crippen LogP contribution in [0.2, 0.25) is 0 Å². The van der Waals surface area contributed by atoms with Crippen LogP contribution in [0.25, 0.3) is 0 Å². The molecule has 2 rings (SSSR count). The summed E-state index contributed by atoms with van der Waals surface area (Å²) in [5, 5.41) is 0. The van der Waals surface area contributed by atoms with Gasteiger partial charge in [-0.05, 0) is 41.8 Å². The molecule has 5 nitrogen and oxygen atoms in total. The van der Waals surface area contributed by atoms with Gasteiger partial charge in [0.2, 0.25) is 10.0 Å². The van der Waals surface area contributed by atoms with Gasteiger partial charge in [-0.3, -0.25) is 0 Å². The fourth-order valence-corrected chi connectivity index (χ4v) is 3.38. The molecule has 0 aromatic heterocycles. The van der Waals surface area contributed by atoms with Crippen LogP contribution >= 0.6 is 0 Å². The van der Waals surface area contributed by atoms with Gasteiger partial charge in [-0.25, -0.2) is 13.1 Å². The molecule has 0 aliphatic heterocycles. The van der Waals surface area contributed by atoms with Crippen molar-refractivity contribution in [1.29, 1.82) is 0 Å². The normalized spacial score (nSPS) is 11.4. The summed E-state index contributed by atoms with van der Waals surface area (Å²) in [6.07, 6.45) is 0. The number of methoxy groups -OCH3 is 2. The molecule has 23 heavy (non-hydrogen) atoms. The summed E-state index contributed by atoms with van der Waals surface area (Å²) in [6.45, 7) is 2.54. The van der Waals surface area contributed by atoms with E-state index in [-0.39, 0.29) is 11.4 Å². The average molecular weight is 335 g/mol. The smallest absolute Gasteiger partial charge is 0.240 e. The van der Waals surface area contributed by atoms with Crippen molar-refractivity contribution in [3.8, 4) is 5.75 Å². The van der Waals surface area contributed by atoms with E-state index in [4.69, 9.17) is 9.47 Å². The largest absolute Gasteiger partial charge is 0.496 e. The van der Waals surface area contributed by atoms with E-state index in [0.717, 1.165) is 16.7 Å². The van der Waals surface area contributed by atoms with E-state index in [1.54, 1.807) is 26.4 Å². The predicted molar refractivity (Wildman–Crippen MR) is 88.9 cm³/mol. The summed E-state index contributed by atoms with van der Waals surface area (Å²) < 4.78 is 37.6. The Labute approximate surface area is 137 Å². The SMILES string of the molecule is COCc1cccc(CNS(=O)(=O)c2ccc(OC)c(C)c2)c1. The molecule has 0 atom stereocenters. The summed E-state index contributed by atoms with van der Waals surface area (Å²) >= 11 is 0. The minimum Gasteiger partial charge on any atom is -0.496 e. The Hall–Kier alpha value is -1.89. The van der Waals surface area contributed by atoms with E-state index < -0.39 is 10.0 Å². The van der Waals surface area contributed by atoms with Gasteiger partial charge in [0.25, 0.3) is 0 Å². The molecule has 2 aromatic carbocycles. The van der Waals surface area contributed by atoms with Crippen molar-refractivity contribution in [1.82, 2.24) is 4.72 Å². The molecule has 0 bridgehead atoms. The van der Waals surface area contributed by atoms with Crippen molar-refractivity contribution in [2.45, 2.75) is 25.0 Å². The van der Waals surface area contributed by atoms with Gasteiger partial charge in [0.15, 0.2) is 0 Å². The van der Waals surface area contributed by atoms with E-state index in [9.17, 15) is 8.42 Å². The van der Waals surface area contributed by atoms with Gasteiger partial charge in [-0.2, -0.15) is 0 Å². The zero-order valence-corrected chi connectivity index (χ0v) is 14.3. The first-order valence-electron chi connectivity index (χ1n) is 7.17. The van der Waals surface area contributed by atoms with Crippen molar-refractivity contribution < 1.29 is 17.9 Å². The lowest BCUT2D eigenvalue weighted by molar-refractivity contribution is 0.185. The summed E-state index contributed by atoms with van der Waals surface area (Å²) in [4.78, 5) is 0.226. The minimum absolute atomic E-state index is 0.226. The molecule has 0 spiro atoms. The first-order chi connectivity index (χ1) is 11.0. The summed E-state index contributed by atoms with van der Waals surface area (Å²) in [6, 6.07) is 12.4. The predicted octanol–water partition coefficient (Wildman–Crippen LogP) is 2.63. The molecular weight excluding hydrogens is 314 g/mol. The molecule has 0 saturated heterocycles. The highest BCUT2D eigenvalue weighted by molar-refractivity contribution is 7.89. The number of benzene rings is 2. The molecule has 0 aliphatic carbocycles. The van der Waals surface area contributed by atoms with Crippen LogP contribution in [0, 0.1) is 6.92 Å². The zero-order valence-electron chi connectivity index (χ0n) is 13.5. The van der Waals surface area contributed by atoms with Crippen LogP contribution < -0.4 is 9.46 Å². The molecule has 2 aromatic rings. The molecule has 0 saturated carbocycles. The number of ether oxygens (including phenoxy) is 2. The van der Waals surface area contributed by atoms with Crippen molar-refractivity contribution >= 4 is 10.0 Å². The molecule has 0 radical (unpaired) electrons. The van der Waals surface area contributed by atoms with E-state index in [0.29, 0.717) is 12.4 Å². The third kappa shape index (κ3) is 4.54. The van der Waals surface area contributed by atoms with Crippen molar-refractivity contribution in [2.75, 3.05) is 14.2 Å². The van der Waals surface area contributed by atoms with E-state index in [1.165, 1.54) is 6.07 Å². The number of aryl methyl sites for hydroxylation is 1. The molecule has 0 heterocycles. The van der Waals surface area contributed by atoms with E-state index in [2.05, 4.69) is 4.72 Å². The molecule has 1 N–H and O–H groups in total. The standard InChI is InChI=1S/C17H21NO4S/c1-13-9-16(7-8-17(13)22-3)23(19,20)18-11-14-5-4-6-15(10-14)12-21-2/h4-10,18H,11-12H2,1-3H3. The van der Waals surface area contributed by atoms with Crippen LogP contribution in [0.5, 0.6) is 5.75 Å². The van der Waals surface area contributed by atoms with E-state index >= 15 is 0 Å². The molecule has 0 unspecified atom stereocenters. The van der Waals surface area contributed by atoms with Crippen molar-refractivity contribution in [2.24, 2.45) is 0 Å². The average Bonchev–Trinajstić information content (AvgIpc) is 2.54. The highest BCUT2D eigenvalue weighted by Gasteiger charge is 2.15. The number of sulfonamides is 1. The van der Waals surface area contributed by atoms with Crippen molar-refractivity contribution in [3.05, 3.63) is 59.2 Å². The van der Waals surface area contributed by atoms with Crippen LogP contribution in [0.3, 0.4) is 0 Å². The van der Waals surface area contributed by atoms with Gasteiger partial charge < -0.3 is 9.47 Å². The second-order valence-corrected chi connectivity index (χ2v) is 6.98. The third-order valence-corrected chi connectivity index (χ3v) is 4.84. The third-order valence-electron chi connectivity index (χ3n) is 3.45. The van der Waals surface area contributed by atoms with Gasteiger partial charge in [0.05, 0.1) is 18.6 Å². The summed E-state index contributed by atoms with van der Waals surface area (Å²) in [5.74, 6) is 0.663. The molecule has 124 valence electrons. The van der Waals surface area contributed by atoms with Gasteiger partial charge in [-0.15, -0.1) is 0 Å². The van der Waals surface area contributed by atoms with Gasteiger partial charge in [0.1, 0.15) is 5.75 Å². The van der Waals surface area contributed by atoms with Crippen LogP contribution in [0.1, 0.15) is 16.7 Å². The van der Waals surface area contributed by atoms with Crippen LogP contribution in [-0.4, -0.2) is 22.6 Å². The lowest BCUT2D eigenvalue weighted by Crippen LogP contribution is -2.23. The Balaban J connectivity index is 2.12. The fourth-order valence-electron chi connectivity index (χ4n) is 2.28. The monoisotopic (exact) mass is 335 g/mol. The lowest BCUT2D eigenvalue weighted by atomic mass is 10.1. The topological polar surface area (TPSA) is 64.6 Å². The molecular formula is C17H21NO4S. The van der Waals surface area contributed by atoms with Crippen LogP contribution in [-0.2, 0) is 27.9 Å². The number of rotatable bonds is 7. The minimum atomic E-state index is -3.57.